The summed E-state index contributed by atoms with van der Waals surface area (Å²) in [6, 6.07) is 12.2. The number of rotatable bonds is 7. The number of halogens is 2. The second-order valence-electron chi connectivity index (χ2n) is 6.40. The van der Waals surface area contributed by atoms with E-state index in [2.05, 4.69) is 10.6 Å². The highest BCUT2D eigenvalue weighted by Crippen LogP contribution is 2.25. The molecule has 0 aliphatic heterocycles. The third-order valence-corrected chi connectivity index (χ3v) is 4.49. The molecule has 0 aliphatic rings. The lowest BCUT2D eigenvalue weighted by atomic mass is 10.1. The molecule has 4 nitrogen and oxygen atoms in total. The van der Waals surface area contributed by atoms with E-state index < -0.39 is 0 Å². The number of carbonyl (C=O) groups is 2. The summed E-state index contributed by atoms with van der Waals surface area (Å²) >= 11 is 12.3. The molecular weight excluding hydrogens is 371 g/mol. The minimum absolute atomic E-state index is 0.204. The van der Waals surface area contributed by atoms with Gasteiger partial charge in [-0.1, -0.05) is 55.2 Å². The molecule has 2 aromatic rings. The van der Waals surface area contributed by atoms with E-state index in [1.807, 2.05) is 13.8 Å². The van der Waals surface area contributed by atoms with Crippen LogP contribution in [0, 0.1) is 5.92 Å². The Kier molecular flexibility index (Phi) is 7.49. The maximum Gasteiger partial charge on any atom is 0.253 e. The minimum Gasteiger partial charge on any atom is -0.352 e. The van der Waals surface area contributed by atoms with E-state index in [0.29, 0.717) is 40.2 Å². The molecule has 0 fully saturated rings. The first-order valence-corrected chi connectivity index (χ1v) is 9.24. The van der Waals surface area contributed by atoms with Crippen molar-refractivity contribution in [2.24, 2.45) is 5.92 Å². The van der Waals surface area contributed by atoms with Gasteiger partial charge >= 0.3 is 0 Å². The molecule has 26 heavy (non-hydrogen) atoms. The average Bonchev–Trinajstić information content (AvgIpc) is 2.59. The van der Waals surface area contributed by atoms with Gasteiger partial charge in [0.2, 0.25) is 5.91 Å². The van der Waals surface area contributed by atoms with Crippen molar-refractivity contribution in [1.82, 2.24) is 5.32 Å². The van der Waals surface area contributed by atoms with E-state index >= 15 is 0 Å². The number of amides is 2. The van der Waals surface area contributed by atoms with E-state index in [1.54, 1.807) is 42.5 Å². The second kappa shape index (κ2) is 9.60. The van der Waals surface area contributed by atoms with Crippen LogP contribution >= 0.6 is 23.2 Å². The van der Waals surface area contributed by atoms with Crippen LogP contribution < -0.4 is 10.6 Å². The van der Waals surface area contributed by atoms with Crippen LogP contribution in [-0.4, -0.2) is 18.4 Å². The third kappa shape index (κ3) is 5.75. The molecule has 0 saturated carbocycles. The summed E-state index contributed by atoms with van der Waals surface area (Å²) in [5.41, 5.74) is 1.68. The molecule has 2 rings (SSSR count). The Morgan fingerprint density at radius 2 is 1.65 bits per heavy atom. The highest BCUT2D eigenvalue weighted by Gasteiger charge is 2.14. The van der Waals surface area contributed by atoms with Gasteiger partial charge in [0.15, 0.2) is 0 Å². The fourth-order valence-electron chi connectivity index (χ4n) is 2.40. The Morgan fingerprint density at radius 1 is 1.00 bits per heavy atom. The van der Waals surface area contributed by atoms with E-state index in [9.17, 15) is 9.59 Å². The number of carbonyl (C=O) groups excluding carboxylic acids is 2. The molecule has 0 aromatic heterocycles. The molecule has 0 radical (unpaired) electrons. The number of anilines is 1. The number of hydrogen-bond acceptors (Lipinski definition) is 2. The molecule has 2 aromatic carbocycles. The standard InChI is InChI=1S/C20H22Cl2N2O2/c1-13(2)12-23-20(26)15-6-3-4-9-18(15)24-19(25)11-10-14-16(21)7-5-8-17(14)22/h3-9,13H,10-12H2,1-2H3,(H,23,26)(H,24,25). The topological polar surface area (TPSA) is 58.2 Å². The van der Waals surface area contributed by atoms with Crippen molar-refractivity contribution in [2.75, 3.05) is 11.9 Å². The van der Waals surface area contributed by atoms with Crippen LogP contribution in [0.5, 0.6) is 0 Å². The van der Waals surface area contributed by atoms with Crippen LogP contribution in [0.1, 0.15) is 36.2 Å². The predicted molar refractivity (Wildman–Crippen MR) is 107 cm³/mol. The zero-order valence-electron chi connectivity index (χ0n) is 14.8. The summed E-state index contributed by atoms with van der Waals surface area (Å²) in [5, 5.41) is 6.74. The van der Waals surface area contributed by atoms with Gasteiger partial charge in [-0.3, -0.25) is 9.59 Å². The first-order valence-electron chi connectivity index (χ1n) is 8.48. The number of nitrogens with one attached hydrogen (secondary N) is 2. The molecule has 0 aliphatic carbocycles. The Labute approximate surface area is 163 Å². The fourth-order valence-corrected chi connectivity index (χ4v) is 2.99. The van der Waals surface area contributed by atoms with Crippen LogP contribution in [0.3, 0.4) is 0 Å². The van der Waals surface area contributed by atoms with Gasteiger partial charge in [-0.05, 0) is 42.2 Å². The summed E-state index contributed by atoms with van der Waals surface area (Å²) in [7, 11) is 0. The van der Waals surface area contributed by atoms with E-state index in [4.69, 9.17) is 23.2 Å². The van der Waals surface area contributed by atoms with Gasteiger partial charge in [0.05, 0.1) is 11.3 Å². The molecule has 0 spiro atoms. The first kappa shape index (κ1) is 20.3. The van der Waals surface area contributed by atoms with Crippen LogP contribution in [0.4, 0.5) is 5.69 Å². The fraction of sp³-hybridized carbons (Fsp3) is 0.300. The Balaban J connectivity index is 2.02. The molecule has 0 bridgehead atoms. The van der Waals surface area contributed by atoms with Gasteiger partial charge in [-0.15, -0.1) is 0 Å². The van der Waals surface area contributed by atoms with E-state index in [-0.39, 0.29) is 18.2 Å². The highest BCUT2D eigenvalue weighted by molar-refractivity contribution is 6.36. The lowest BCUT2D eigenvalue weighted by Crippen LogP contribution is -2.28. The Bertz CT molecular complexity index is 771. The summed E-state index contributed by atoms with van der Waals surface area (Å²) in [6.45, 7) is 4.62. The number of benzene rings is 2. The lowest BCUT2D eigenvalue weighted by molar-refractivity contribution is -0.116. The van der Waals surface area contributed by atoms with Crippen LogP contribution in [0.25, 0.3) is 0 Å². The van der Waals surface area contributed by atoms with Crippen molar-refractivity contribution in [1.29, 1.82) is 0 Å². The van der Waals surface area contributed by atoms with Crippen molar-refractivity contribution in [3.63, 3.8) is 0 Å². The summed E-state index contributed by atoms with van der Waals surface area (Å²) in [4.78, 5) is 24.6. The van der Waals surface area contributed by atoms with Gasteiger partial charge < -0.3 is 10.6 Å². The number of para-hydroxylation sites is 1. The molecule has 138 valence electrons. The first-order chi connectivity index (χ1) is 12.4. The van der Waals surface area contributed by atoms with Crippen molar-refractivity contribution in [3.8, 4) is 0 Å². The van der Waals surface area contributed by atoms with Gasteiger partial charge in [-0.25, -0.2) is 0 Å². The summed E-state index contributed by atoms with van der Waals surface area (Å²) < 4.78 is 0. The quantitative estimate of drug-likeness (QED) is 0.699. The predicted octanol–water partition coefficient (Wildman–Crippen LogP) is 4.95. The molecule has 6 heteroatoms. The van der Waals surface area contributed by atoms with Crippen molar-refractivity contribution in [2.45, 2.75) is 26.7 Å². The molecule has 0 unspecified atom stereocenters. The summed E-state index contributed by atoms with van der Waals surface area (Å²) in [5.74, 6) is -0.0603. The van der Waals surface area contributed by atoms with Gasteiger partial charge in [0.25, 0.3) is 5.91 Å². The van der Waals surface area contributed by atoms with Crippen molar-refractivity contribution in [3.05, 3.63) is 63.6 Å². The smallest absolute Gasteiger partial charge is 0.253 e. The molecule has 2 N–H and O–H groups in total. The number of hydrogen-bond donors (Lipinski definition) is 2. The zero-order chi connectivity index (χ0) is 19.1. The maximum absolute atomic E-state index is 12.3. The monoisotopic (exact) mass is 392 g/mol. The maximum atomic E-state index is 12.3. The normalized spacial score (nSPS) is 10.7. The van der Waals surface area contributed by atoms with Crippen LogP contribution in [0.2, 0.25) is 10.0 Å². The Morgan fingerprint density at radius 3 is 2.31 bits per heavy atom. The van der Waals surface area contributed by atoms with Crippen LogP contribution in [0.15, 0.2) is 42.5 Å². The van der Waals surface area contributed by atoms with E-state index in [0.717, 1.165) is 5.56 Å². The van der Waals surface area contributed by atoms with E-state index in [1.165, 1.54) is 0 Å². The highest BCUT2D eigenvalue weighted by atomic mass is 35.5. The zero-order valence-corrected chi connectivity index (χ0v) is 16.3. The van der Waals surface area contributed by atoms with Gasteiger partial charge in [0, 0.05) is 23.0 Å². The SMILES string of the molecule is CC(C)CNC(=O)c1ccccc1NC(=O)CCc1c(Cl)cccc1Cl. The Hall–Kier alpha value is -2.04. The molecular formula is C20H22Cl2N2O2. The average molecular weight is 393 g/mol. The van der Waals surface area contributed by atoms with Gasteiger partial charge in [-0.2, -0.15) is 0 Å². The van der Waals surface area contributed by atoms with Crippen molar-refractivity contribution < 1.29 is 9.59 Å². The van der Waals surface area contributed by atoms with Crippen LogP contribution in [-0.2, 0) is 11.2 Å². The van der Waals surface area contributed by atoms with Gasteiger partial charge in [0.1, 0.15) is 0 Å². The molecule has 0 saturated heterocycles. The second-order valence-corrected chi connectivity index (χ2v) is 7.21. The minimum atomic E-state index is -0.205. The molecule has 0 atom stereocenters. The molecule has 2 amide bonds. The van der Waals surface area contributed by atoms with Crippen molar-refractivity contribution >= 4 is 40.7 Å². The lowest BCUT2D eigenvalue weighted by Gasteiger charge is -2.13. The molecule has 0 heterocycles. The summed E-state index contributed by atoms with van der Waals surface area (Å²) in [6.07, 6.45) is 0.636. The largest absolute Gasteiger partial charge is 0.352 e. The third-order valence-electron chi connectivity index (χ3n) is 3.78.